The molecule has 0 bridgehead atoms. The fourth-order valence-electron chi connectivity index (χ4n) is 2.17. The Morgan fingerprint density at radius 3 is 2.44 bits per heavy atom. The Morgan fingerprint density at radius 1 is 1.56 bits per heavy atom. The number of carboxylic acids is 1. The van der Waals surface area contributed by atoms with E-state index in [1.54, 1.807) is 13.8 Å². The van der Waals surface area contributed by atoms with Crippen molar-refractivity contribution >= 4 is 11.9 Å². The van der Waals surface area contributed by atoms with Crippen molar-refractivity contribution in [3.63, 3.8) is 0 Å². The van der Waals surface area contributed by atoms with Crippen LogP contribution in [0.3, 0.4) is 0 Å². The number of rotatable bonds is 3. The van der Waals surface area contributed by atoms with Crippen LogP contribution in [-0.4, -0.2) is 16.0 Å². The molecule has 0 saturated heterocycles. The fraction of sp³-hybridized carbons (Fsp3) is 0.500. The van der Waals surface area contributed by atoms with Crippen molar-refractivity contribution in [2.24, 2.45) is 5.41 Å². The van der Waals surface area contributed by atoms with Gasteiger partial charge in [0.2, 0.25) is 0 Å². The molecule has 1 aromatic rings. The van der Waals surface area contributed by atoms with E-state index in [2.05, 4.69) is 0 Å². The van der Waals surface area contributed by atoms with E-state index >= 15 is 0 Å². The molecule has 1 aliphatic carbocycles. The maximum atomic E-state index is 11.2. The molecule has 1 fully saturated rings. The van der Waals surface area contributed by atoms with Gasteiger partial charge in [0, 0.05) is 0 Å². The Bertz CT molecular complexity index is 475. The monoisotopic (exact) mass is 225 g/mol. The normalized spacial score (nSPS) is 26.4. The third kappa shape index (κ3) is 1.16. The first-order chi connectivity index (χ1) is 7.31. The zero-order valence-electron chi connectivity index (χ0n) is 8.89. The summed E-state index contributed by atoms with van der Waals surface area (Å²) in [5.74, 6) is -1.25. The minimum absolute atomic E-state index is 0.164. The lowest BCUT2D eigenvalue weighted by Gasteiger charge is -2.11. The van der Waals surface area contributed by atoms with Crippen LogP contribution in [0.15, 0.2) is 16.5 Å². The lowest BCUT2D eigenvalue weighted by molar-refractivity contribution is -0.402. The number of nitrogens with zero attached hydrogens (tertiary/aromatic N) is 1. The molecule has 0 radical (unpaired) electrons. The molecule has 1 unspecified atom stereocenters. The zero-order valence-corrected chi connectivity index (χ0v) is 8.89. The van der Waals surface area contributed by atoms with E-state index in [4.69, 9.17) is 4.42 Å². The van der Waals surface area contributed by atoms with Gasteiger partial charge >= 0.3 is 11.9 Å². The van der Waals surface area contributed by atoms with Crippen LogP contribution in [-0.2, 0) is 10.2 Å². The first-order valence-corrected chi connectivity index (χ1v) is 4.79. The van der Waals surface area contributed by atoms with Crippen LogP contribution in [0.5, 0.6) is 0 Å². The van der Waals surface area contributed by atoms with Gasteiger partial charge in [-0.3, -0.25) is 14.9 Å². The second-order valence-corrected chi connectivity index (χ2v) is 4.67. The zero-order chi connectivity index (χ0) is 12.1. The van der Waals surface area contributed by atoms with Gasteiger partial charge in [-0.25, -0.2) is 0 Å². The van der Waals surface area contributed by atoms with Gasteiger partial charge in [0.05, 0.1) is 6.07 Å². The van der Waals surface area contributed by atoms with Gasteiger partial charge in [-0.1, -0.05) is 13.8 Å². The van der Waals surface area contributed by atoms with E-state index < -0.39 is 27.6 Å². The van der Waals surface area contributed by atoms with Crippen LogP contribution in [0.4, 0.5) is 5.88 Å². The number of carbonyl (C=O) groups is 1. The maximum Gasteiger partial charge on any atom is 0.433 e. The summed E-state index contributed by atoms with van der Waals surface area (Å²) in [5, 5.41) is 19.7. The Morgan fingerprint density at radius 2 is 2.12 bits per heavy atom. The largest absolute Gasteiger partial charge is 0.480 e. The molecule has 0 aliphatic heterocycles. The Balaban J connectivity index is 2.43. The van der Waals surface area contributed by atoms with Crippen LogP contribution < -0.4 is 0 Å². The molecule has 6 nitrogen and oxygen atoms in total. The molecule has 1 aliphatic rings. The molecular formula is C10H11NO5. The second-order valence-electron chi connectivity index (χ2n) is 4.67. The molecule has 1 heterocycles. The van der Waals surface area contributed by atoms with Crippen molar-refractivity contribution < 1.29 is 19.2 Å². The van der Waals surface area contributed by atoms with Gasteiger partial charge in [0.25, 0.3) is 0 Å². The standard InChI is InChI=1S/C10H11NO5/c1-9(2)5-10(9,8(12)13)6-3-4-7(16-6)11(14)15/h3-4H,5H2,1-2H3,(H,12,13). The second kappa shape index (κ2) is 2.84. The fourth-order valence-corrected chi connectivity index (χ4v) is 2.17. The van der Waals surface area contributed by atoms with Gasteiger partial charge in [-0.2, -0.15) is 0 Å². The molecule has 1 saturated carbocycles. The predicted octanol–water partition coefficient (Wildman–Crippen LogP) is 1.94. The summed E-state index contributed by atoms with van der Waals surface area (Å²) in [6.45, 7) is 3.60. The van der Waals surface area contributed by atoms with Crippen LogP contribution in [0.2, 0.25) is 0 Å². The Hall–Kier alpha value is -1.85. The summed E-state index contributed by atoms with van der Waals surface area (Å²) in [6.07, 6.45) is 0.431. The highest BCUT2D eigenvalue weighted by Crippen LogP contribution is 2.64. The van der Waals surface area contributed by atoms with Crippen LogP contribution in [0.25, 0.3) is 0 Å². The number of furan rings is 1. The molecule has 1 aromatic heterocycles. The average molecular weight is 225 g/mol. The molecular weight excluding hydrogens is 214 g/mol. The quantitative estimate of drug-likeness (QED) is 0.626. The van der Waals surface area contributed by atoms with Gasteiger partial charge in [0.15, 0.2) is 0 Å². The first-order valence-electron chi connectivity index (χ1n) is 4.79. The topological polar surface area (TPSA) is 93.6 Å². The average Bonchev–Trinajstić information content (AvgIpc) is 2.61. The molecule has 6 heteroatoms. The lowest BCUT2D eigenvalue weighted by Crippen LogP contribution is -2.24. The van der Waals surface area contributed by atoms with Gasteiger partial charge in [0.1, 0.15) is 16.1 Å². The number of hydrogen-bond acceptors (Lipinski definition) is 4. The summed E-state index contributed by atoms with van der Waals surface area (Å²) in [6, 6.07) is 2.56. The third-order valence-electron chi connectivity index (χ3n) is 3.29. The number of aliphatic carboxylic acids is 1. The molecule has 86 valence electrons. The molecule has 1 N–H and O–H groups in total. The van der Waals surface area contributed by atoms with E-state index in [9.17, 15) is 20.0 Å². The summed E-state index contributed by atoms with van der Waals surface area (Å²) < 4.78 is 4.99. The van der Waals surface area contributed by atoms with E-state index in [1.807, 2.05) is 0 Å². The van der Waals surface area contributed by atoms with Gasteiger partial charge < -0.3 is 9.52 Å². The van der Waals surface area contributed by atoms with Gasteiger partial charge in [-0.05, 0) is 17.9 Å². The van der Waals surface area contributed by atoms with Crippen molar-refractivity contribution in [3.8, 4) is 0 Å². The minimum atomic E-state index is -1.11. The van der Waals surface area contributed by atoms with E-state index in [0.29, 0.717) is 6.42 Å². The molecule has 16 heavy (non-hydrogen) atoms. The van der Waals surface area contributed by atoms with Crippen molar-refractivity contribution in [2.45, 2.75) is 25.7 Å². The Kier molecular flexibility index (Phi) is 1.89. The smallest absolute Gasteiger partial charge is 0.433 e. The number of nitro groups is 1. The van der Waals surface area contributed by atoms with Crippen molar-refractivity contribution in [3.05, 3.63) is 28.0 Å². The molecule has 1 atom stereocenters. The molecule has 0 amide bonds. The highest BCUT2D eigenvalue weighted by atomic mass is 16.6. The highest BCUT2D eigenvalue weighted by molar-refractivity contribution is 5.86. The number of carboxylic acid groups (broad SMARTS) is 1. The van der Waals surface area contributed by atoms with Crippen LogP contribution in [0, 0.1) is 15.5 Å². The molecule has 2 rings (SSSR count). The van der Waals surface area contributed by atoms with Crippen LogP contribution in [0.1, 0.15) is 26.0 Å². The minimum Gasteiger partial charge on any atom is -0.480 e. The third-order valence-corrected chi connectivity index (χ3v) is 3.29. The van der Waals surface area contributed by atoms with Crippen molar-refractivity contribution in [1.82, 2.24) is 0 Å². The first kappa shape index (κ1) is 10.7. The van der Waals surface area contributed by atoms with Crippen molar-refractivity contribution in [2.75, 3.05) is 0 Å². The van der Waals surface area contributed by atoms with Crippen molar-refractivity contribution in [1.29, 1.82) is 0 Å². The Labute approximate surface area is 91.0 Å². The predicted molar refractivity (Wildman–Crippen MR) is 53.1 cm³/mol. The lowest BCUT2D eigenvalue weighted by atomic mass is 9.93. The summed E-state index contributed by atoms with van der Waals surface area (Å²) in [7, 11) is 0. The highest BCUT2D eigenvalue weighted by Gasteiger charge is 2.70. The van der Waals surface area contributed by atoms with E-state index in [-0.39, 0.29) is 5.76 Å². The van der Waals surface area contributed by atoms with E-state index in [0.717, 1.165) is 0 Å². The van der Waals surface area contributed by atoms with Crippen LogP contribution >= 0.6 is 0 Å². The van der Waals surface area contributed by atoms with Gasteiger partial charge in [-0.15, -0.1) is 0 Å². The summed E-state index contributed by atoms with van der Waals surface area (Å²) in [4.78, 5) is 21.0. The number of hydrogen-bond donors (Lipinski definition) is 1. The van der Waals surface area contributed by atoms with E-state index in [1.165, 1.54) is 12.1 Å². The molecule has 0 spiro atoms. The summed E-state index contributed by atoms with van der Waals surface area (Å²) in [5.41, 5.74) is -1.54. The summed E-state index contributed by atoms with van der Waals surface area (Å²) >= 11 is 0. The maximum absolute atomic E-state index is 11.2. The molecule has 0 aromatic carbocycles. The SMILES string of the molecule is CC1(C)CC1(C(=O)O)c1ccc([N+](=O)[O-])o1.